The maximum Gasteiger partial charge on any atom is 0.251 e. The molecule has 5 heteroatoms. The molecule has 1 unspecified atom stereocenters. The Labute approximate surface area is 125 Å². The fraction of sp³-hybridized carbons (Fsp3) is 0.375. The van der Waals surface area contributed by atoms with Crippen LogP contribution in [-0.2, 0) is 4.79 Å². The molecule has 0 spiro atoms. The number of carbonyl (C=O) groups is 2. The molecule has 0 fully saturated rings. The van der Waals surface area contributed by atoms with E-state index in [-0.39, 0.29) is 11.8 Å². The molecule has 5 nitrogen and oxygen atoms in total. The lowest BCUT2D eigenvalue weighted by molar-refractivity contribution is -0.117. The summed E-state index contributed by atoms with van der Waals surface area (Å²) in [6, 6.07) is 6.15. The highest BCUT2D eigenvalue weighted by molar-refractivity contribution is 5.97. The molecule has 0 aliphatic rings. The molecule has 0 saturated heterocycles. The average Bonchev–Trinajstić information content (AvgIpc) is 2.44. The zero-order chi connectivity index (χ0) is 15.8. The number of carbonyl (C=O) groups excluding carboxylic acids is 2. The van der Waals surface area contributed by atoms with E-state index in [0.717, 1.165) is 0 Å². The first-order valence-corrected chi connectivity index (χ1v) is 6.99. The first-order valence-electron chi connectivity index (χ1n) is 6.99. The number of benzene rings is 1. The Balaban J connectivity index is 2.60. The van der Waals surface area contributed by atoms with Crippen molar-refractivity contribution >= 4 is 17.5 Å². The number of amides is 2. The molecule has 2 amide bonds. The Kier molecular flexibility index (Phi) is 6.62. The van der Waals surface area contributed by atoms with Gasteiger partial charge in [-0.2, -0.15) is 0 Å². The first kappa shape index (κ1) is 16.9. The highest BCUT2D eigenvalue weighted by Crippen LogP contribution is 2.11. The van der Waals surface area contributed by atoms with E-state index in [0.29, 0.717) is 30.1 Å². The summed E-state index contributed by atoms with van der Waals surface area (Å²) in [6.07, 6.45) is 2.25. The predicted molar refractivity (Wildman–Crippen MR) is 85.0 cm³/mol. The highest BCUT2D eigenvalue weighted by Gasteiger charge is 2.15. The standard InChI is InChI=1S/C16H23N3O2/c1-4-9-18-15(20)12-5-7-13(8-6-12)19-16(21)14(17)10-11(2)3/h4-8,11,14H,1,9-10,17H2,2-3H3,(H,18,20)(H,19,21). The van der Waals surface area contributed by atoms with Crippen LogP contribution in [0.15, 0.2) is 36.9 Å². The molecule has 114 valence electrons. The van der Waals surface area contributed by atoms with Crippen molar-refractivity contribution in [2.24, 2.45) is 11.7 Å². The molecule has 4 N–H and O–H groups in total. The molecule has 1 aromatic rings. The van der Waals surface area contributed by atoms with Gasteiger partial charge in [0.05, 0.1) is 6.04 Å². The van der Waals surface area contributed by atoms with Crippen LogP contribution in [0, 0.1) is 5.92 Å². The van der Waals surface area contributed by atoms with Gasteiger partial charge in [-0.25, -0.2) is 0 Å². The van der Waals surface area contributed by atoms with Crippen molar-refractivity contribution in [3.8, 4) is 0 Å². The van der Waals surface area contributed by atoms with E-state index in [9.17, 15) is 9.59 Å². The van der Waals surface area contributed by atoms with Gasteiger partial charge in [0.25, 0.3) is 5.91 Å². The Morgan fingerprint density at radius 1 is 1.29 bits per heavy atom. The minimum atomic E-state index is -0.527. The number of nitrogens with two attached hydrogens (primary N) is 1. The van der Waals surface area contributed by atoms with Crippen LogP contribution in [0.25, 0.3) is 0 Å². The fourth-order valence-corrected chi connectivity index (χ4v) is 1.82. The van der Waals surface area contributed by atoms with Crippen molar-refractivity contribution in [1.29, 1.82) is 0 Å². The summed E-state index contributed by atoms with van der Waals surface area (Å²) in [5, 5.41) is 5.43. The van der Waals surface area contributed by atoms with Crippen LogP contribution in [0.1, 0.15) is 30.6 Å². The van der Waals surface area contributed by atoms with Crippen molar-refractivity contribution < 1.29 is 9.59 Å². The summed E-state index contributed by atoms with van der Waals surface area (Å²) in [5.41, 5.74) is 6.97. The molecule has 0 aliphatic carbocycles. The monoisotopic (exact) mass is 289 g/mol. The van der Waals surface area contributed by atoms with E-state index in [1.807, 2.05) is 13.8 Å². The van der Waals surface area contributed by atoms with Gasteiger partial charge in [0, 0.05) is 17.8 Å². The van der Waals surface area contributed by atoms with Gasteiger partial charge in [0.2, 0.25) is 5.91 Å². The van der Waals surface area contributed by atoms with Crippen LogP contribution < -0.4 is 16.4 Å². The van der Waals surface area contributed by atoms with Gasteiger partial charge in [0.1, 0.15) is 0 Å². The van der Waals surface area contributed by atoms with Crippen molar-refractivity contribution in [3.63, 3.8) is 0 Å². The third kappa shape index (κ3) is 5.79. The Hall–Kier alpha value is -2.14. The van der Waals surface area contributed by atoms with Crippen molar-refractivity contribution in [2.75, 3.05) is 11.9 Å². The van der Waals surface area contributed by atoms with E-state index < -0.39 is 6.04 Å². The lowest BCUT2D eigenvalue weighted by Crippen LogP contribution is -2.36. The molecule has 0 radical (unpaired) electrons. The van der Waals surface area contributed by atoms with E-state index in [1.54, 1.807) is 30.3 Å². The fourth-order valence-electron chi connectivity index (χ4n) is 1.82. The Morgan fingerprint density at radius 2 is 1.90 bits per heavy atom. The van der Waals surface area contributed by atoms with Crippen molar-refractivity contribution in [1.82, 2.24) is 5.32 Å². The zero-order valence-corrected chi connectivity index (χ0v) is 12.6. The van der Waals surface area contributed by atoms with Gasteiger partial charge in [-0.05, 0) is 36.6 Å². The molecular weight excluding hydrogens is 266 g/mol. The topological polar surface area (TPSA) is 84.2 Å². The van der Waals surface area contributed by atoms with Crippen LogP contribution in [0.3, 0.4) is 0 Å². The quantitative estimate of drug-likeness (QED) is 0.670. The molecule has 0 saturated carbocycles. The first-order chi connectivity index (χ1) is 9.93. The minimum absolute atomic E-state index is 0.177. The third-order valence-corrected chi connectivity index (χ3v) is 2.88. The summed E-state index contributed by atoms with van der Waals surface area (Å²) < 4.78 is 0. The maximum atomic E-state index is 11.9. The van der Waals surface area contributed by atoms with Crippen LogP contribution in [0.4, 0.5) is 5.69 Å². The highest BCUT2D eigenvalue weighted by atomic mass is 16.2. The molecular formula is C16H23N3O2. The van der Waals surface area contributed by atoms with Gasteiger partial charge >= 0.3 is 0 Å². The summed E-state index contributed by atoms with van der Waals surface area (Å²) in [6.45, 7) is 7.99. The summed E-state index contributed by atoms with van der Waals surface area (Å²) in [5.74, 6) is -0.0291. The summed E-state index contributed by atoms with van der Waals surface area (Å²) in [7, 11) is 0. The van der Waals surface area contributed by atoms with Crippen LogP contribution in [0.5, 0.6) is 0 Å². The van der Waals surface area contributed by atoms with Crippen LogP contribution >= 0.6 is 0 Å². The molecule has 1 rings (SSSR count). The third-order valence-electron chi connectivity index (χ3n) is 2.88. The molecule has 1 atom stereocenters. The minimum Gasteiger partial charge on any atom is -0.349 e. The number of rotatable bonds is 7. The number of hydrogen-bond donors (Lipinski definition) is 3. The predicted octanol–water partition coefficient (Wildman–Crippen LogP) is 1.91. The van der Waals surface area contributed by atoms with Gasteiger partial charge in [-0.3, -0.25) is 9.59 Å². The largest absolute Gasteiger partial charge is 0.349 e. The maximum absolute atomic E-state index is 11.9. The second-order valence-electron chi connectivity index (χ2n) is 5.30. The average molecular weight is 289 g/mol. The SMILES string of the molecule is C=CCNC(=O)c1ccc(NC(=O)C(N)CC(C)C)cc1. The van der Waals surface area contributed by atoms with Gasteiger partial charge in [0.15, 0.2) is 0 Å². The van der Waals surface area contributed by atoms with E-state index in [1.165, 1.54) is 0 Å². The lowest BCUT2D eigenvalue weighted by Gasteiger charge is -2.14. The second kappa shape index (κ2) is 8.21. The van der Waals surface area contributed by atoms with Gasteiger partial charge in [-0.1, -0.05) is 19.9 Å². The van der Waals surface area contributed by atoms with Crippen LogP contribution in [-0.4, -0.2) is 24.4 Å². The molecule has 0 aromatic heterocycles. The smallest absolute Gasteiger partial charge is 0.251 e. The summed E-state index contributed by atoms with van der Waals surface area (Å²) >= 11 is 0. The number of anilines is 1. The second-order valence-corrected chi connectivity index (χ2v) is 5.30. The van der Waals surface area contributed by atoms with Crippen LogP contribution in [0.2, 0.25) is 0 Å². The Bertz CT molecular complexity index is 495. The normalized spacial score (nSPS) is 11.8. The van der Waals surface area contributed by atoms with Crippen molar-refractivity contribution in [2.45, 2.75) is 26.3 Å². The Morgan fingerprint density at radius 3 is 2.43 bits per heavy atom. The molecule has 1 aromatic carbocycles. The van der Waals surface area contributed by atoms with E-state index in [4.69, 9.17) is 5.73 Å². The molecule has 0 bridgehead atoms. The van der Waals surface area contributed by atoms with Gasteiger partial charge in [-0.15, -0.1) is 6.58 Å². The number of nitrogens with one attached hydrogen (secondary N) is 2. The van der Waals surface area contributed by atoms with E-state index in [2.05, 4.69) is 17.2 Å². The molecule has 21 heavy (non-hydrogen) atoms. The number of hydrogen-bond acceptors (Lipinski definition) is 3. The van der Waals surface area contributed by atoms with Crippen molar-refractivity contribution in [3.05, 3.63) is 42.5 Å². The lowest BCUT2D eigenvalue weighted by atomic mass is 10.0. The summed E-state index contributed by atoms with van der Waals surface area (Å²) in [4.78, 5) is 23.6. The van der Waals surface area contributed by atoms with Gasteiger partial charge < -0.3 is 16.4 Å². The molecule has 0 heterocycles. The van der Waals surface area contributed by atoms with E-state index >= 15 is 0 Å². The zero-order valence-electron chi connectivity index (χ0n) is 12.6. The molecule has 0 aliphatic heterocycles.